The molecule has 1 aromatic rings. The summed E-state index contributed by atoms with van der Waals surface area (Å²) >= 11 is 0. The zero-order valence-electron chi connectivity index (χ0n) is 13.0. The van der Waals surface area contributed by atoms with Gasteiger partial charge in [0.1, 0.15) is 5.75 Å². The molecule has 0 spiro atoms. The smallest absolute Gasteiger partial charge is 0.222 e. The number of methoxy groups -OCH3 is 1. The van der Waals surface area contributed by atoms with Gasteiger partial charge in [-0.2, -0.15) is 0 Å². The third kappa shape index (κ3) is 4.74. The number of amides is 1. The number of nitrogens with zero attached hydrogens (tertiary/aromatic N) is 1. The highest BCUT2D eigenvalue weighted by Crippen LogP contribution is 2.22. The van der Waals surface area contributed by atoms with Crippen LogP contribution in [0.25, 0.3) is 0 Å². The average Bonchev–Trinajstić information content (AvgIpc) is 2.66. The molecule has 1 heterocycles. The van der Waals surface area contributed by atoms with Crippen molar-refractivity contribution in [3.63, 3.8) is 0 Å². The Labute approximate surface area is 126 Å². The number of hydrogen-bond acceptors (Lipinski definition) is 3. The lowest BCUT2D eigenvalue weighted by Crippen LogP contribution is -2.33. The molecule has 1 amide bonds. The Morgan fingerprint density at radius 3 is 2.67 bits per heavy atom. The van der Waals surface area contributed by atoms with Crippen molar-refractivity contribution in [2.75, 3.05) is 20.2 Å². The largest absolute Gasteiger partial charge is 0.497 e. The van der Waals surface area contributed by atoms with Gasteiger partial charge in [-0.3, -0.25) is 4.79 Å². The zero-order chi connectivity index (χ0) is 15.3. The Morgan fingerprint density at radius 1 is 1.29 bits per heavy atom. The molecule has 1 fully saturated rings. The first kappa shape index (κ1) is 15.8. The SMILES string of the molecule is COc1ccc(CCC(=O)N2CCCC(C)(O)CC2)cc1. The number of aliphatic hydroxyl groups is 1. The molecule has 0 saturated carbocycles. The van der Waals surface area contributed by atoms with Gasteiger partial charge in [0, 0.05) is 19.5 Å². The standard InChI is InChI=1S/C17H25NO3/c1-17(20)10-3-12-18(13-11-17)16(19)9-6-14-4-7-15(21-2)8-5-14/h4-5,7-8,20H,3,6,9-13H2,1-2H3. The summed E-state index contributed by atoms with van der Waals surface area (Å²) in [5.41, 5.74) is 0.524. The molecule has 1 unspecified atom stereocenters. The summed E-state index contributed by atoms with van der Waals surface area (Å²) in [6, 6.07) is 7.84. The Balaban J connectivity index is 1.83. The maximum Gasteiger partial charge on any atom is 0.222 e. The van der Waals surface area contributed by atoms with Crippen LogP contribution >= 0.6 is 0 Å². The third-order valence-corrected chi connectivity index (χ3v) is 4.20. The maximum absolute atomic E-state index is 12.3. The number of likely N-dealkylation sites (tertiary alicyclic amines) is 1. The van der Waals surface area contributed by atoms with Crippen LogP contribution in [0.15, 0.2) is 24.3 Å². The summed E-state index contributed by atoms with van der Waals surface area (Å²) in [7, 11) is 1.65. The van der Waals surface area contributed by atoms with Crippen LogP contribution in [-0.4, -0.2) is 41.7 Å². The molecule has 1 aliphatic rings. The number of benzene rings is 1. The van der Waals surface area contributed by atoms with Crippen LogP contribution in [0.1, 0.15) is 38.2 Å². The lowest BCUT2D eigenvalue weighted by Gasteiger charge is -2.22. The van der Waals surface area contributed by atoms with E-state index in [-0.39, 0.29) is 5.91 Å². The lowest BCUT2D eigenvalue weighted by atomic mass is 9.98. The van der Waals surface area contributed by atoms with Crippen molar-refractivity contribution >= 4 is 5.91 Å². The second kappa shape index (κ2) is 6.94. The van der Waals surface area contributed by atoms with Crippen LogP contribution in [0.3, 0.4) is 0 Å². The molecule has 1 N–H and O–H groups in total. The van der Waals surface area contributed by atoms with Gasteiger partial charge in [-0.05, 0) is 50.3 Å². The molecule has 0 aliphatic carbocycles. The lowest BCUT2D eigenvalue weighted by molar-refractivity contribution is -0.131. The van der Waals surface area contributed by atoms with E-state index in [1.165, 1.54) is 0 Å². The number of rotatable bonds is 4. The number of ether oxygens (including phenoxy) is 1. The fourth-order valence-corrected chi connectivity index (χ4v) is 2.71. The van der Waals surface area contributed by atoms with Gasteiger partial charge in [0.2, 0.25) is 5.91 Å². The van der Waals surface area contributed by atoms with E-state index in [1.807, 2.05) is 36.1 Å². The Morgan fingerprint density at radius 2 is 2.00 bits per heavy atom. The first-order valence-electron chi connectivity index (χ1n) is 7.63. The first-order valence-corrected chi connectivity index (χ1v) is 7.63. The highest BCUT2D eigenvalue weighted by molar-refractivity contribution is 5.76. The normalized spacial score (nSPS) is 22.7. The van der Waals surface area contributed by atoms with Crippen molar-refractivity contribution < 1.29 is 14.6 Å². The predicted octanol–water partition coefficient (Wildman–Crippen LogP) is 2.39. The zero-order valence-corrected chi connectivity index (χ0v) is 13.0. The summed E-state index contributed by atoms with van der Waals surface area (Å²) in [6.45, 7) is 3.28. The van der Waals surface area contributed by atoms with E-state index in [4.69, 9.17) is 4.74 Å². The van der Waals surface area contributed by atoms with E-state index < -0.39 is 5.60 Å². The van der Waals surface area contributed by atoms with Gasteiger partial charge in [-0.15, -0.1) is 0 Å². The summed E-state index contributed by atoms with van der Waals surface area (Å²) in [4.78, 5) is 14.2. The molecule has 1 aliphatic heterocycles. The summed E-state index contributed by atoms with van der Waals surface area (Å²) < 4.78 is 5.12. The highest BCUT2D eigenvalue weighted by atomic mass is 16.5. The fraction of sp³-hybridized carbons (Fsp3) is 0.588. The topological polar surface area (TPSA) is 49.8 Å². The van der Waals surface area contributed by atoms with E-state index in [2.05, 4.69) is 0 Å². The van der Waals surface area contributed by atoms with E-state index in [1.54, 1.807) is 7.11 Å². The monoisotopic (exact) mass is 291 g/mol. The summed E-state index contributed by atoms with van der Waals surface area (Å²) in [5.74, 6) is 1.02. The molecule has 1 aromatic carbocycles. The third-order valence-electron chi connectivity index (χ3n) is 4.20. The fourth-order valence-electron chi connectivity index (χ4n) is 2.71. The van der Waals surface area contributed by atoms with E-state index >= 15 is 0 Å². The summed E-state index contributed by atoms with van der Waals surface area (Å²) in [6.07, 6.45) is 3.59. The van der Waals surface area contributed by atoms with Crippen LogP contribution < -0.4 is 4.74 Å². The van der Waals surface area contributed by atoms with Crippen molar-refractivity contribution in [1.82, 2.24) is 4.90 Å². The number of carbonyl (C=O) groups excluding carboxylic acids is 1. The van der Waals surface area contributed by atoms with Crippen molar-refractivity contribution in [2.45, 2.75) is 44.6 Å². The van der Waals surface area contributed by atoms with Crippen molar-refractivity contribution in [2.24, 2.45) is 0 Å². The Hall–Kier alpha value is -1.55. The van der Waals surface area contributed by atoms with Gasteiger partial charge < -0.3 is 14.7 Å². The molecule has 4 nitrogen and oxygen atoms in total. The van der Waals surface area contributed by atoms with Crippen molar-refractivity contribution in [3.05, 3.63) is 29.8 Å². The molecule has 0 aromatic heterocycles. The minimum absolute atomic E-state index is 0.184. The quantitative estimate of drug-likeness (QED) is 0.926. The Bertz CT molecular complexity index is 467. The molecule has 21 heavy (non-hydrogen) atoms. The van der Waals surface area contributed by atoms with Gasteiger partial charge in [0.05, 0.1) is 12.7 Å². The van der Waals surface area contributed by atoms with E-state index in [0.717, 1.165) is 37.1 Å². The van der Waals surface area contributed by atoms with Crippen molar-refractivity contribution in [3.8, 4) is 5.75 Å². The molecule has 116 valence electrons. The van der Waals surface area contributed by atoms with Crippen molar-refractivity contribution in [1.29, 1.82) is 0 Å². The van der Waals surface area contributed by atoms with Gasteiger partial charge in [-0.25, -0.2) is 0 Å². The van der Waals surface area contributed by atoms with Crippen LogP contribution in [0.2, 0.25) is 0 Å². The Kier molecular flexibility index (Phi) is 5.23. The van der Waals surface area contributed by atoms with Crippen LogP contribution in [0, 0.1) is 0 Å². The van der Waals surface area contributed by atoms with E-state index in [9.17, 15) is 9.90 Å². The number of carbonyl (C=O) groups is 1. The van der Waals surface area contributed by atoms with Gasteiger partial charge >= 0.3 is 0 Å². The molecule has 2 rings (SSSR count). The molecule has 0 bridgehead atoms. The minimum Gasteiger partial charge on any atom is -0.497 e. The number of aryl methyl sites for hydroxylation is 1. The molecule has 4 heteroatoms. The molecule has 0 radical (unpaired) electrons. The molecule has 1 atom stereocenters. The first-order chi connectivity index (χ1) is 10.00. The van der Waals surface area contributed by atoms with Crippen LogP contribution in [0.4, 0.5) is 0 Å². The predicted molar refractivity (Wildman–Crippen MR) is 82.4 cm³/mol. The van der Waals surface area contributed by atoms with Gasteiger partial charge in [-0.1, -0.05) is 12.1 Å². The van der Waals surface area contributed by atoms with Gasteiger partial charge in [0.15, 0.2) is 0 Å². The summed E-state index contributed by atoms with van der Waals surface area (Å²) in [5, 5.41) is 10.1. The molecule has 1 saturated heterocycles. The van der Waals surface area contributed by atoms with Crippen LogP contribution in [-0.2, 0) is 11.2 Å². The minimum atomic E-state index is -0.620. The maximum atomic E-state index is 12.3. The second-order valence-corrected chi connectivity index (χ2v) is 6.08. The molecular weight excluding hydrogens is 266 g/mol. The number of hydrogen-bond donors (Lipinski definition) is 1. The molecular formula is C17H25NO3. The highest BCUT2D eigenvalue weighted by Gasteiger charge is 2.26. The van der Waals surface area contributed by atoms with Gasteiger partial charge in [0.25, 0.3) is 0 Å². The van der Waals surface area contributed by atoms with Crippen LogP contribution in [0.5, 0.6) is 5.75 Å². The second-order valence-electron chi connectivity index (χ2n) is 6.08. The average molecular weight is 291 g/mol. The van der Waals surface area contributed by atoms with E-state index in [0.29, 0.717) is 19.4 Å².